The number of hydrogen-bond acceptors (Lipinski definition) is 21. The summed E-state index contributed by atoms with van der Waals surface area (Å²) in [5, 5.41) is 29.5. The smallest absolute Gasteiger partial charge is 0.796 e. The molecule has 3 aromatic rings. The van der Waals surface area contributed by atoms with Gasteiger partial charge in [-0.05, 0) is 20.8 Å². The molecule has 0 aromatic carbocycles. The van der Waals surface area contributed by atoms with Crippen LogP contribution in [0.15, 0.2) is 47.4 Å². The Morgan fingerprint density at radius 1 is 0.574 bits per heavy atom. The van der Waals surface area contributed by atoms with Gasteiger partial charge in [-0.15, -0.1) is 0 Å². The van der Waals surface area contributed by atoms with Crippen molar-refractivity contribution in [3.8, 4) is 0 Å². The summed E-state index contributed by atoms with van der Waals surface area (Å²) >= 11 is 0. The summed E-state index contributed by atoms with van der Waals surface area (Å²) in [5.74, 6) is 0. The molecule has 31 heteroatoms. The van der Waals surface area contributed by atoms with Gasteiger partial charge in [0.05, 0.1) is 38.1 Å². The maximum absolute atomic E-state index is 11.7. The topological polar surface area (TPSA) is 428 Å². The molecule has 3 aliphatic rings. The van der Waals surface area contributed by atoms with Crippen molar-refractivity contribution in [2.75, 3.05) is 19.8 Å². The third kappa shape index (κ3) is 15.0. The number of aryl methyl sites for hydroxylation is 3. The van der Waals surface area contributed by atoms with Gasteiger partial charge in [0.25, 0.3) is 16.7 Å². The number of aliphatic hydroxyl groups is 3. The first kappa shape index (κ1) is 52.7. The maximum atomic E-state index is 11.7. The Hall–Kier alpha value is -2.65. The Morgan fingerprint density at radius 2 is 0.803 bits per heavy atom. The molecule has 3 fully saturated rings. The molecule has 0 spiro atoms. The van der Waals surface area contributed by atoms with Crippen LogP contribution < -0.4 is 64.9 Å². The molecule has 1 radical (unpaired) electrons. The summed E-state index contributed by atoms with van der Waals surface area (Å²) < 4.78 is 34.1. The molecule has 0 saturated carbocycles. The number of aromatic amines is 3. The largest absolute Gasteiger partial charge is 3.00 e. The fourth-order valence-corrected chi connectivity index (χ4v) is 6.83. The van der Waals surface area contributed by atoms with Crippen molar-refractivity contribution in [3.63, 3.8) is 0 Å². The van der Waals surface area contributed by atoms with E-state index in [4.69, 9.17) is 44.3 Å². The van der Waals surface area contributed by atoms with Crippen LogP contribution in [-0.4, -0.2) is 100 Å². The van der Waals surface area contributed by atoms with Crippen LogP contribution in [0.25, 0.3) is 0 Å². The van der Waals surface area contributed by atoms with Crippen molar-refractivity contribution < 1.29 is 77.3 Å². The second kappa shape index (κ2) is 23.9. The summed E-state index contributed by atoms with van der Waals surface area (Å²) in [6.07, 6.45) is -2.46. The molecule has 6 heterocycles. The minimum atomic E-state index is -2.28. The normalized spacial score (nSPS) is 27.2. The number of ether oxygens (including phenoxy) is 3. The van der Waals surface area contributed by atoms with Crippen LogP contribution in [0, 0.1) is 20.8 Å². The van der Waals surface area contributed by atoms with E-state index in [1.165, 1.54) is 32.3 Å². The van der Waals surface area contributed by atoms with Gasteiger partial charge in [0.2, 0.25) is 0 Å². The summed E-state index contributed by atoms with van der Waals surface area (Å²) in [5.41, 5.74) is 12.7. The van der Waals surface area contributed by atoms with E-state index in [1.54, 1.807) is 20.8 Å². The molecule has 3 saturated heterocycles. The van der Waals surface area contributed by atoms with Crippen LogP contribution in [0.3, 0.4) is 0 Å². The van der Waals surface area contributed by atoms with E-state index in [9.17, 15) is 58.8 Å². The number of nitrogens with two attached hydrogens (primary N) is 3. The predicted octanol–water partition coefficient (Wildman–Crippen LogP) is -5.83. The number of rotatable bonds is 12. The molecular formula is C30H45N9O18P3Ru. The zero-order valence-corrected chi connectivity index (χ0v) is 36.8. The Balaban J connectivity index is 0.000000242. The summed E-state index contributed by atoms with van der Waals surface area (Å²) in [7, 11) is -6.83. The van der Waals surface area contributed by atoms with Crippen molar-refractivity contribution in [3.05, 3.63) is 97.8 Å². The fraction of sp³-hybridized carbons (Fsp3) is 0.600. The average Bonchev–Trinajstić information content (AvgIpc) is 3.85. The molecule has 341 valence electrons. The first-order valence-corrected chi connectivity index (χ1v) is 21.4. The van der Waals surface area contributed by atoms with Crippen LogP contribution in [0.4, 0.5) is 0 Å². The number of aromatic nitrogens is 6. The Labute approximate surface area is 360 Å². The standard InChI is InChI=1S/3C10H15N3O6P.Ru/c3*1-5-3-13(10(16)12-9(5)15)8-2-6(14)7(19-8)4-18-20(11)17;/h3*3,6-8,14H,2,4,11H2,1H3,(H,12,15,16);/q3*-1;+3/t3*6-,7+,8+,20?;/m000./s1. The Kier molecular flexibility index (Phi) is 20.6. The van der Waals surface area contributed by atoms with Crippen LogP contribution in [0.2, 0.25) is 0 Å². The minimum absolute atomic E-state index is 0. The summed E-state index contributed by atoms with van der Waals surface area (Å²) in [6.45, 7) is 4.25. The molecule has 3 unspecified atom stereocenters. The van der Waals surface area contributed by atoms with Gasteiger partial charge in [0.15, 0.2) is 0 Å². The van der Waals surface area contributed by atoms with Crippen molar-refractivity contribution in [2.45, 2.75) is 95.3 Å². The van der Waals surface area contributed by atoms with Crippen LogP contribution in [0.1, 0.15) is 54.6 Å². The zero-order valence-electron chi connectivity index (χ0n) is 32.4. The Morgan fingerprint density at radius 3 is 1.02 bits per heavy atom. The molecule has 6 rings (SSSR count). The summed E-state index contributed by atoms with van der Waals surface area (Å²) in [6, 6.07) is 0. The van der Waals surface area contributed by atoms with Crippen molar-refractivity contribution in [2.24, 2.45) is 16.5 Å². The molecule has 0 amide bonds. The van der Waals surface area contributed by atoms with E-state index >= 15 is 0 Å². The van der Waals surface area contributed by atoms with Crippen LogP contribution in [0.5, 0.6) is 0 Å². The van der Waals surface area contributed by atoms with Gasteiger partial charge in [0.1, 0.15) is 37.0 Å². The molecule has 12 atom stereocenters. The molecule has 0 aliphatic carbocycles. The SMILES string of the molecule is Cc1cn([C@H]2C[C@H](O)[C@@H](COP(N)[O-])O2)c(=O)[nH]c1=O.Cc1cn([C@H]2C[C@H](O)[C@@H](COP(N)[O-])O2)c(=O)[nH]c1=O.Cc1cn([C@H]2C[C@H](O)[C@@H](COP(N)[O-])O2)c(=O)[nH]c1=O.[Ru+3]. The average molecular weight is 1010 g/mol. The molecule has 27 nitrogen and oxygen atoms in total. The third-order valence-corrected chi connectivity index (χ3v) is 10.3. The van der Waals surface area contributed by atoms with Gasteiger partial charge >= 0.3 is 36.5 Å². The molecule has 12 N–H and O–H groups in total. The van der Waals surface area contributed by atoms with E-state index in [2.05, 4.69) is 15.0 Å². The first-order chi connectivity index (χ1) is 28.1. The number of nitrogens with one attached hydrogen (secondary N) is 3. The van der Waals surface area contributed by atoms with Crippen molar-refractivity contribution in [1.82, 2.24) is 28.7 Å². The van der Waals surface area contributed by atoms with E-state index in [0.717, 1.165) is 0 Å². The van der Waals surface area contributed by atoms with Crippen molar-refractivity contribution >= 4 is 25.6 Å². The monoisotopic (exact) mass is 1010 g/mol. The quantitative estimate of drug-likeness (QED) is 0.0603. The second-order valence-corrected chi connectivity index (χ2v) is 16.0. The van der Waals surface area contributed by atoms with E-state index in [1.807, 2.05) is 0 Å². The number of nitrogens with zero attached hydrogens (tertiary/aromatic N) is 3. The van der Waals surface area contributed by atoms with Gasteiger partial charge in [-0.3, -0.25) is 59.5 Å². The van der Waals surface area contributed by atoms with Crippen molar-refractivity contribution in [1.29, 1.82) is 0 Å². The minimum Gasteiger partial charge on any atom is -0.796 e. The maximum Gasteiger partial charge on any atom is 3.00 e. The summed E-state index contributed by atoms with van der Waals surface area (Å²) in [4.78, 5) is 107. The number of aliphatic hydroxyl groups excluding tert-OH is 3. The van der Waals surface area contributed by atoms with Gasteiger partial charge < -0.3 is 57.8 Å². The number of H-pyrrole nitrogens is 3. The van der Waals surface area contributed by atoms with Gasteiger partial charge in [-0.25, -0.2) is 14.4 Å². The Bertz CT molecular complexity index is 2010. The molecule has 61 heavy (non-hydrogen) atoms. The third-order valence-electron chi connectivity index (χ3n) is 9.08. The van der Waals surface area contributed by atoms with Crippen LogP contribution in [-0.2, 0) is 47.3 Å². The second-order valence-electron chi connectivity index (χ2n) is 13.5. The predicted molar refractivity (Wildman–Crippen MR) is 203 cm³/mol. The molecule has 3 aliphatic heterocycles. The zero-order chi connectivity index (χ0) is 44.6. The van der Waals surface area contributed by atoms with E-state index in [0.29, 0.717) is 16.7 Å². The molecule has 3 aromatic heterocycles. The van der Waals surface area contributed by atoms with Crippen LogP contribution >= 0.6 is 25.6 Å². The van der Waals surface area contributed by atoms with Gasteiger partial charge in [-0.2, -0.15) is 0 Å². The van der Waals surface area contributed by atoms with E-state index < -0.39 is 115 Å². The van der Waals surface area contributed by atoms with Gasteiger partial charge in [-0.1, -0.05) is 0 Å². The first-order valence-electron chi connectivity index (χ1n) is 17.7. The number of hydrogen-bond donors (Lipinski definition) is 9. The molecule has 0 bridgehead atoms. The van der Waals surface area contributed by atoms with E-state index in [-0.39, 0.29) is 58.6 Å². The molecular weight excluding hydrogens is 968 g/mol. The fourth-order valence-electron chi connectivity index (χ4n) is 5.95. The van der Waals surface area contributed by atoms with Gasteiger partial charge in [0, 0.05) is 80.1 Å².